The fraction of sp³-hybridized carbons (Fsp3) is 0.933. The first-order valence-corrected chi connectivity index (χ1v) is 8.94. The molecule has 1 rings (SSSR count). The van der Waals surface area contributed by atoms with Gasteiger partial charge < -0.3 is 10.6 Å². The number of unbranched alkanes of at least 4 members (excludes halogenated alkanes) is 7. The first-order chi connectivity index (χ1) is 9.27. The molecular formula is C15H29BrN2O. The molecule has 19 heavy (non-hydrogen) atoms. The minimum Gasteiger partial charge on any atom is -0.342 e. The fourth-order valence-electron chi connectivity index (χ4n) is 2.68. The van der Waals surface area contributed by atoms with Crippen LogP contribution in [-0.4, -0.2) is 35.8 Å². The highest BCUT2D eigenvalue weighted by Crippen LogP contribution is 2.20. The van der Waals surface area contributed by atoms with Crippen molar-refractivity contribution >= 4 is 21.8 Å². The second-order valence-corrected chi connectivity index (χ2v) is 6.33. The Bertz CT molecular complexity index is 248. The third kappa shape index (κ3) is 7.31. The number of carbonyl (C=O) groups excluding carboxylic acids is 1. The number of nitrogens with two attached hydrogens (primary N) is 1. The number of likely N-dealkylation sites (tertiary alicyclic amines) is 1. The number of nitrogens with zero attached hydrogens (tertiary/aromatic N) is 1. The second kappa shape index (κ2) is 10.7. The Morgan fingerprint density at radius 3 is 2.16 bits per heavy atom. The van der Waals surface area contributed by atoms with E-state index < -0.39 is 0 Å². The van der Waals surface area contributed by atoms with Gasteiger partial charge in [-0.15, -0.1) is 0 Å². The average molecular weight is 333 g/mol. The zero-order valence-corrected chi connectivity index (χ0v) is 13.7. The molecule has 0 aliphatic carbocycles. The maximum absolute atomic E-state index is 11.7. The molecule has 0 radical (unpaired) electrons. The van der Waals surface area contributed by atoms with Gasteiger partial charge in [0, 0.05) is 24.8 Å². The number of carbonyl (C=O) groups is 1. The molecule has 1 fully saturated rings. The minimum absolute atomic E-state index is 0.353. The van der Waals surface area contributed by atoms with Crippen molar-refractivity contribution in [3.05, 3.63) is 0 Å². The van der Waals surface area contributed by atoms with Crippen LogP contribution in [-0.2, 0) is 4.79 Å². The molecular weight excluding hydrogens is 304 g/mol. The Balaban J connectivity index is 1.90. The van der Waals surface area contributed by atoms with E-state index in [1.165, 1.54) is 51.4 Å². The van der Waals surface area contributed by atoms with Crippen molar-refractivity contribution in [2.24, 2.45) is 11.7 Å². The van der Waals surface area contributed by atoms with Crippen molar-refractivity contribution in [2.75, 3.05) is 25.0 Å². The Morgan fingerprint density at radius 2 is 1.63 bits per heavy atom. The molecule has 0 saturated carbocycles. The van der Waals surface area contributed by atoms with Gasteiger partial charge in [0.25, 0.3) is 0 Å². The summed E-state index contributed by atoms with van der Waals surface area (Å²) in [7, 11) is 0. The summed E-state index contributed by atoms with van der Waals surface area (Å²) >= 11 is 3.47. The van der Waals surface area contributed by atoms with Gasteiger partial charge in [-0.1, -0.05) is 54.5 Å². The van der Waals surface area contributed by atoms with E-state index in [9.17, 15) is 4.79 Å². The van der Waals surface area contributed by atoms with Crippen LogP contribution in [0, 0.1) is 5.92 Å². The van der Waals surface area contributed by atoms with Crippen LogP contribution in [0.5, 0.6) is 0 Å². The van der Waals surface area contributed by atoms with Gasteiger partial charge in [-0.2, -0.15) is 0 Å². The molecule has 0 spiro atoms. The van der Waals surface area contributed by atoms with E-state index in [1.807, 2.05) is 4.90 Å². The van der Waals surface area contributed by atoms with Crippen LogP contribution in [0.3, 0.4) is 0 Å². The monoisotopic (exact) mass is 332 g/mol. The summed E-state index contributed by atoms with van der Waals surface area (Å²) in [5, 5.41) is 0.956. The van der Waals surface area contributed by atoms with E-state index in [-0.39, 0.29) is 0 Å². The molecule has 1 aliphatic heterocycles. The van der Waals surface area contributed by atoms with E-state index in [4.69, 9.17) is 5.73 Å². The Labute approximate surface area is 126 Å². The van der Waals surface area contributed by atoms with Crippen LogP contribution in [0.4, 0.5) is 0 Å². The number of amides is 1. The highest BCUT2D eigenvalue weighted by molar-refractivity contribution is 9.09. The number of hydrogen-bond acceptors (Lipinski definition) is 2. The zero-order valence-electron chi connectivity index (χ0n) is 12.1. The molecule has 0 aromatic carbocycles. The topological polar surface area (TPSA) is 46.3 Å². The molecule has 0 aromatic heterocycles. The van der Waals surface area contributed by atoms with E-state index in [2.05, 4.69) is 15.9 Å². The third-order valence-corrected chi connectivity index (χ3v) is 4.81. The summed E-state index contributed by atoms with van der Waals surface area (Å²) in [6, 6.07) is 0. The molecule has 0 bridgehead atoms. The van der Waals surface area contributed by atoms with Crippen LogP contribution in [0.15, 0.2) is 0 Å². The summed E-state index contributed by atoms with van der Waals surface area (Å²) in [5.41, 5.74) is 5.46. The van der Waals surface area contributed by atoms with Crippen molar-refractivity contribution in [1.29, 1.82) is 0 Å². The van der Waals surface area contributed by atoms with Gasteiger partial charge in [0.1, 0.15) is 0 Å². The van der Waals surface area contributed by atoms with Crippen LogP contribution < -0.4 is 5.73 Å². The van der Waals surface area contributed by atoms with Crippen molar-refractivity contribution in [2.45, 2.75) is 57.8 Å². The quantitative estimate of drug-likeness (QED) is 0.466. The van der Waals surface area contributed by atoms with Crippen molar-refractivity contribution in [3.63, 3.8) is 0 Å². The van der Waals surface area contributed by atoms with Crippen molar-refractivity contribution < 1.29 is 4.79 Å². The molecule has 3 nitrogen and oxygen atoms in total. The lowest BCUT2D eigenvalue weighted by Gasteiger charge is -2.15. The SMILES string of the molecule is NCCCCCCCCCCN1CC(CBr)CC1=O. The molecule has 4 heteroatoms. The standard InChI is InChI=1S/C15H29BrN2O/c16-12-14-11-15(19)18(13-14)10-8-6-4-2-1-3-5-7-9-17/h14H,1-13,17H2. The Kier molecular flexibility index (Phi) is 9.52. The molecule has 1 heterocycles. The summed E-state index contributed by atoms with van der Waals surface area (Å²) in [5.74, 6) is 0.890. The summed E-state index contributed by atoms with van der Waals surface area (Å²) in [4.78, 5) is 13.8. The van der Waals surface area contributed by atoms with E-state index in [1.54, 1.807) is 0 Å². The molecule has 1 aliphatic rings. The molecule has 1 amide bonds. The highest BCUT2D eigenvalue weighted by atomic mass is 79.9. The normalized spacial score (nSPS) is 19.4. The molecule has 1 atom stereocenters. The number of hydrogen-bond donors (Lipinski definition) is 1. The maximum atomic E-state index is 11.7. The predicted molar refractivity (Wildman–Crippen MR) is 84.5 cm³/mol. The third-order valence-electron chi connectivity index (χ3n) is 3.89. The predicted octanol–water partition coefficient (Wildman–Crippen LogP) is 3.31. The van der Waals surface area contributed by atoms with Crippen LogP contribution in [0.25, 0.3) is 0 Å². The van der Waals surface area contributed by atoms with Crippen molar-refractivity contribution in [3.8, 4) is 0 Å². The molecule has 0 aromatic rings. The molecule has 112 valence electrons. The van der Waals surface area contributed by atoms with E-state index in [0.717, 1.165) is 31.4 Å². The van der Waals surface area contributed by atoms with Gasteiger partial charge in [0.15, 0.2) is 0 Å². The van der Waals surface area contributed by atoms with Crippen molar-refractivity contribution in [1.82, 2.24) is 4.90 Å². The lowest BCUT2D eigenvalue weighted by Crippen LogP contribution is -2.26. The average Bonchev–Trinajstić information content (AvgIpc) is 2.78. The van der Waals surface area contributed by atoms with Crippen LogP contribution in [0.1, 0.15) is 57.8 Å². The summed E-state index contributed by atoms with van der Waals surface area (Å²) in [6.45, 7) is 2.76. The lowest BCUT2D eigenvalue weighted by molar-refractivity contribution is -0.127. The van der Waals surface area contributed by atoms with E-state index >= 15 is 0 Å². The van der Waals surface area contributed by atoms with Gasteiger partial charge in [0.05, 0.1) is 0 Å². The maximum Gasteiger partial charge on any atom is 0.222 e. The smallest absolute Gasteiger partial charge is 0.222 e. The molecule has 1 saturated heterocycles. The summed E-state index contributed by atoms with van der Waals surface area (Å²) < 4.78 is 0. The number of rotatable bonds is 11. The second-order valence-electron chi connectivity index (χ2n) is 5.68. The van der Waals surface area contributed by atoms with Crippen LogP contribution >= 0.6 is 15.9 Å². The van der Waals surface area contributed by atoms with Crippen LogP contribution in [0.2, 0.25) is 0 Å². The van der Waals surface area contributed by atoms with E-state index in [0.29, 0.717) is 11.8 Å². The number of halogens is 1. The highest BCUT2D eigenvalue weighted by Gasteiger charge is 2.27. The van der Waals surface area contributed by atoms with Gasteiger partial charge in [-0.05, 0) is 25.3 Å². The first kappa shape index (κ1) is 17.0. The zero-order chi connectivity index (χ0) is 13.9. The fourth-order valence-corrected chi connectivity index (χ4v) is 3.11. The Hall–Kier alpha value is -0.0900. The minimum atomic E-state index is 0.353. The molecule has 1 unspecified atom stereocenters. The largest absolute Gasteiger partial charge is 0.342 e. The Morgan fingerprint density at radius 1 is 1.05 bits per heavy atom. The van der Waals surface area contributed by atoms with Gasteiger partial charge in [-0.3, -0.25) is 4.79 Å². The lowest BCUT2D eigenvalue weighted by atomic mass is 10.1. The number of alkyl halides is 1. The molecule has 2 N–H and O–H groups in total. The van der Waals surface area contributed by atoms with Gasteiger partial charge in [0.2, 0.25) is 5.91 Å². The first-order valence-electron chi connectivity index (χ1n) is 7.81. The van der Waals surface area contributed by atoms with Gasteiger partial charge >= 0.3 is 0 Å². The van der Waals surface area contributed by atoms with Gasteiger partial charge in [-0.25, -0.2) is 0 Å². The summed E-state index contributed by atoms with van der Waals surface area (Å²) in [6.07, 6.45) is 11.0.